The first-order valence-corrected chi connectivity index (χ1v) is 7.09. The minimum Gasteiger partial charge on any atom is -0.493 e. The molecule has 0 saturated heterocycles. The fourth-order valence-corrected chi connectivity index (χ4v) is 1.97. The third-order valence-electron chi connectivity index (χ3n) is 2.81. The quantitative estimate of drug-likeness (QED) is 0.892. The highest BCUT2D eigenvalue weighted by Crippen LogP contribution is 2.17. The number of aromatic nitrogens is 1. The van der Waals surface area contributed by atoms with E-state index in [4.69, 9.17) is 16.3 Å². The topological polar surface area (TPSA) is 51.2 Å². The summed E-state index contributed by atoms with van der Waals surface area (Å²) in [5.74, 6) is 0.594. The molecular formula is C16H17ClN2O2. The van der Waals surface area contributed by atoms with Crippen LogP contribution in [0.15, 0.2) is 42.5 Å². The van der Waals surface area contributed by atoms with Crippen molar-refractivity contribution >= 4 is 17.5 Å². The van der Waals surface area contributed by atoms with Gasteiger partial charge in [-0.25, -0.2) is 0 Å². The second kappa shape index (κ2) is 7.64. The van der Waals surface area contributed by atoms with Gasteiger partial charge in [0, 0.05) is 10.7 Å². The molecule has 1 heterocycles. The standard InChI is InChI=1S/C16H17ClN2O2/c1-12-4-2-6-14(19-12)11-18-16(20)8-9-21-15-7-3-5-13(17)10-15/h2-7,10H,8-9,11H2,1H3,(H,18,20). The molecule has 0 bridgehead atoms. The van der Waals surface area contributed by atoms with E-state index < -0.39 is 0 Å². The molecule has 2 rings (SSSR count). The lowest BCUT2D eigenvalue weighted by molar-refractivity contribution is -0.121. The molecule has 1 amide bonds. The summed E-state index contributed by atoms with van der Waals surface area (Å²) in [6.45, 7) is 2.66. The number of benzene rings is 1. The first kappa shape index (κ1) is 15.3. The predicted octanol–water partition coefficient (Wildman–Crippen LogP) is 3.13. The number of hydrogen-bond acceptors (Lipinski definition) is 3. The van der Waals surface area contributed by atoms with Crippen LogP contribution in [0.4, 0.5) is 0 Å². The Morgan fingerprint density at radius 3 is 2.86 bits per heavy atom. The number of hydrogen-bond donors (Lipinski definition) is 1. The third kappa shape index (κ3) is 5.44. The van der Waals surface area contributed by atoms with Gasteiger partial charge < -0.3 is 10.1 Å². The average molecular weight is 305 g/mol. The van der Waals surface area contributed by atoms with Crippen LogP contribution >= 0.6 is 11.6 Å². The van der Waals surface area contributed by atoms with Crippen LogP contribution in [0.1, 0.15) is 17.8 Å². The molecule has 110 valence electrons. The number of ether oxygens (including phenoxy) is 1. The zero-order valence-electron chi connectivity index (χ0n) is 11.8. The fourth-order valence-electron chi connectivity index (χ4n) is 1.79. The predicted molar refractivity (Wildman–Crippen MR) is 82.4 cm³/mol. The Bertz CT molecular complexity index is 617. The van der Waals surface area contributed by atoms with Crippen molar-refractivity contribution < 1.29 is 9.53 Å². The number of amides is 1. The van der Waals surface area contributed by atoms with Crippen molar-refractivity contribution in [3.63, 3.8) is 0 Å². The number of nitrogens with zero attached hydrogens (tertiary/aromatic N) is 1. The van der Waals surface area contributed by atoms with Crippen molar-refractivity contribution in [2.75, 3.05) is 6.61 Å². The van der Waals surface area contributed by atoms with E-state index in [0.717, 1.165) is 11.4 Å². The SMILES string of the molecule is Cc1cccc(CNC(=O)CCOc2cccc(Cl)c2)n1. The molecule has 5 heteroatoms. The molecule has 0 atom stereocenters. The van der Waals surface area contributed by atoms with Crippen molar-refractivity contribution in [2.24, 2.45) is 0 Å². The molecule has 0 aliphatic rings. The van der Waals surface area contributed by atoms with Gasteiger partial charge in [-0.15, -0.1) is 0 Å². The van der Waals surface area contributed by atoms with Gasteiger partial charge in [-0.2, -0.15) is 0 Å². The van der Waals surface area contributed by atoms with Crippen molar-refractivity contribution in [3.05, 3.63) is 58.9 Å². The highest BCUT2D eigenvalue weighted by Gasteiger charge is 2.03. The number of halogens is 1. The van der Waals surface area contributed by atoms with Crippen LogP contribution < -0.4 is 10.1 Å². The number of rotatable bonds is 6. The molecule has 0 unspecified atom stereocenters. The number of pyridine rings is 1. The highest BCUT2D eigenvalue weighted by molar-refractivity contribution is 6.30. The summed E-state index contributed by atoms with van der Waals surface area (Å²) in [5, 5.41) is 3.43. The maximum atomic E-state index is 11.7. The second-order valence-corrected chi connectivity index (χ2v) is 5.04. The first-order valence-electron chi connectivity index (χ1n) is 6.71. The summed E-state index contributed by atoms with van der Waals surface area (Å²) in [6.07, 6.45) is 0.290. The average Bonchev–Trinajstić information content (AvgIpc) is 2.45. The smallest absolute Gasteiger partial charge is 0.223 e. The summed E-state index contributed by atoms with van der Waals surface area (Å²) in [4.78, 5) is 16.0. The molecule has 0 aliphatic carbocycles. The lowest BCUT2D eigenvalue weighted by atomic mass is 10.3. The number of carbonyl (C=O) groups is 1. The number of aryl methyl sites for hydroxylation is 1. The molecule has 21 heavy (non-hydrogen) atoms. The van der Waals surface area contributed by atoms with Gasteiger partial charge >= 0.3 is 0 Å². The van der Waals surface area contributed by atoms with Gasteiger partial charge in [0.2, 0.25) is 5.91 Å². The van der Waals surface area contributed by atoms with E-state index in [9.17, 15) is 4.79 Å². The van der Waals surface area contributed by atoms with E-state index in [0.29, 0.717) is 30.3 Å². The van der Waals surface area contributed by atoms with E-state index in [-0.39, 0.29) is 5.91 Å². The van der Waals surface area contributed by atoms with Crippen LogP contribution in [-0.2, 0) is 11.3 Å². The van der Waals surface area contributed by atoms with Gasteiger partial charge in [0.1, 0.15) is 5.75 Å². The molecule has 0 saturated carbocycles. The van der Waals surface area contributed by atoms with Crippen molar-refractivity contribution in [1.82, 2.24) is 10.3 Å². The molecule has 0 spiro atoms. The fraction of sp³-hybridized carbons (Fsp3) is 0.250. The molecule has 4 nitrogen and oxygen atoms in total. The molecule has 1 N–H and O–H groups in total. The lowest BCUT2D eigenvalue weighted by Crippen LogP contribution is -2.24. The Morgan fingerprint density at radius 2 is 2.10 bits per heavy atom. The van der Waals surface area contributed by atoms with Gasteiger partial charge in [0.15, 0.2) is 0 Å². The first-order chi connectivity index (χ1) is 10.1. The van der Waals surface area contributed by atoms with E-state index in [1.807, 2.05) is 25.1 Å². The van der Waals surface area contributed by atoms with Crippen LogP contribution in [0.2, 0.25) is 5.02 Å². The molecule has 0 radical (unpaired) electrons. The van der Waals surface area contributed by atoms with Crippen LogP contribution in [0, 0.1) is 6.92 Å². The maximum absolute atomic E-state index is 11.7. The zero-order chi connectivity index (χ0) is 15.1. The van der Waals surface area contributed by atoms with E-state index >= 15 is 0 Å². The number of carbonyl (C=O) groups excluding carboxylic acids is 1. The highest BCUT2D eigenvalue weighted by atomic mass is 35.5. The Kier molecular flexibility index (Phi) is 5.58. The molecule has 1 aromatic carbocycles. The number of nitrogens with one attached hydrogen (secondary N) is 1. The van der Waals surface area contributed by atoms with E-state index in [2.05, 4.69) is 10.3 Å². The van der Waals surface area contributed by atoms with E-state index in [1.54, 1.807) is 24.3 Å². The Labute approximate surface area is 129 Å². The Morgan fingerprint density at radius 1 is 1.29 bits per heavy atom. The molecular weight excluding hydrogens is 288 g/mol. The lowest BCUT2D eigenvalue weighted by Gasteiger charge is -2.07. The Hall–Kier alpha value is -2.07. The molecule has 1 aromatic heterocycles. The Balaban J connectivity index is 1.70. The van der Waals surface area contributed by atoms with Crippen LogP contribution in [-0.4, -0.2) is 17.5 Å². The zero-order valence-corrected chi connectivity index (χ0v) is 12.6. The van der Waals surface area contributed by atoms with Crippen LogP contribution in [0.5, 0.6) is 5.75 Å². The molecule has 2 aromatic rings. The van der Waals surface area contributed by atoms with Gasteiger partial charge in [-0.1, -0.05) is 23.7 Å². The summed E-state index contributed by atoms with van der Waals surface area (Å²) < 4.78 is 5.47. The summed E-state index contributed by atoms with van der Waals surface area (Å²) in [7, 11) is 0. The van der Waals surface area contributed by atoms with Gasteiger partial charge in [-0.05, 0) is 37.3 Å². The van der Waals surface area contributed by atoms with Crippen molar-refractivity contribution in [1.29, 1.82) is 0 Å². The van der Waals surface area contributed by atoms with E-state index in [1.165, 1.54) is 0 Å². The van der Waals surface area contributed by atoms with Gasteiger partial charge in [-0.3, -0.25) is 9.78 Å². The summed E-state index contributed by atoms with van der Waals surface area (Å²) >= 11 is 5.85. The largest absolute Gasteiger partial charge is 0.493 e. The maximum Gasteiger partial charge on any atom is 0.223 e. The van der Waals surface area contributed by atoms with Crippen LogP contribution in [0.25, 0.3) is 0 Å². The summed E-state index contributed by atoms with van der Waals surface area (Å²) in [5.41, 5.74) is 1.78. The van der Waals surface area contributed by atoms with Gasteiger partial charge in [0.25, 0.3) is 0 Å². The normalized spacial score (nSPS) is 10.2. The van der Waals surface area contributed by atoms with Gasteiger partial charge in [0.05, 0.1) is 25.3 Å². The minimum absolute atomic E-state index is 0.0691. The monoisotopic (exact) mass is 304 g/mol. The van der Waals surface area contributed by atoms with Crippen LogP contribution in [0.3, 0.4) is 0 Å². The third-order valence-corrected chi connectivity index (χ3v) is 3.04. The van der Waals surface area contributed by atoms with Crippen molar-refractivity contribution in [3.8, 4) is 5.75 Å². The molecule has 0 aliphatic heterocycles. The minimum atomic E-state index is -0.0691. The molecule has 0 fully saturated rings. The summed E-state index contributed by atoms with van der Waals surface area (Å²) in [6, 6.07) is 12.8. The van der Waals surface area contributed by atoms with Crippen molar-refractivity contribution in [2.45, 2.75) is 19.9 Å². The second-order valence-electron chi connectivity index (χ2n) is 4.60.